The van der Waals surface area contributed by atoms with Gasteiger partial charge in [-0.2, -0.15) is 0 Å². The standard InChI is InChI=1S/C15H22O2S/c1-10-5-6-11-12(8-10)17-13(9-15(11,2)16)14-4-3-7-18-14/h3-4,7,10-13,16H,5-6,8-9H2,1-2H3. The van der Waals surface area contributed by atoms with E-state index in [0.29, 0.717) is 5.92 Å². The van der Waals surface area contributed by atoms with Crippen LogP contribution in [0.5, 0.6) is 0 Å². The lowest BCUT2D eigenvalue weighted by molar-refractivity contribution is -0.196. The summed E-state index contributed by atoms with van der Waals surface area (Å²) in [6, 6.07) is 4.19. The minimum Gasteiger partial charge on any atom is -0.390 e. The molecule has 0 radical (unpaired) electrons. The molecule has 3 heteroatoms. The number of hydrogen-bond donors (Lipinski definition) is 1. The first kappa shape index (κ1) is 12.6. The molecule has 2 heterocycles. The maximum Gasteiger partial charge on any atom is 0.0948 e. The second kappa shape index (κ2) is 4.62. The van der Waals surface area contributed by atoms with E-state index >= 15 is 0 Å². The lowest BCUT2D eigenvalue weighted by atomic mass is 9.69. The molecule has 0 amide bonds. The van der Waals surface area contributed by atoms with Crippen molar-refractivity contribution in [3.05, 3.63) is 22.4 Å². The molecular weight excluding hydrogens is 244 g/mol. The van der Waals surface area contributed by atoms with Crippen molar-refractivity contribution in [2.75, 3.05) is 0 Å². The van der Waals surface area contributed by atoms with Gasteiger partial charge in [0.15, 0.2) is 0 Å². The number of rotatable bonds is 1. The predicted molar refractivity (Wildman–Crippen MR) is 73.7 cm³/mol. The second-order valence-corrected chi connectivity index (χ2v) is 7.24. The van der Waals surface area contributed by atoms with E-state index in [1.807, 2.05) is 6.92 Å². The normalized spacial score (nSPS) is 44.6. The molecule has 1 N–H and O–H groups in total. The van der Waals surface area contributed by atoms with Crippen molar-refractivity contribution in [1.82, 2.24) is 0 Å². The van der Waals surface area contributed by atoms with Crippen molar-refractivity contribution in [3.63, 3.8) is 0 Å². The molecule has 2 nitrogen and oxygen atoms in total. The van der Waals surface area contributed by atoms with Crippen molar-refractivity contribution in [1.29, 1.82) is 0 Å². The van der Waals surface area contributed by atoms with E-state index in [1.165, 1.54) is 11.3 Å². The fourth-order valence-corrected chi connectivity index (χ4v) is 4.38. The van der Waals surface area contributed by atoms with Gasteiger partial charge in [-0.3, -0.25) is 0 Å². The first-order valence-corrected chi connectivity index (χ1v) is 7.85. The summed E-state index contributed by atoms with van der Waals surface area (Å²) in [5, 5.41) is 12.8. The van der Waals surface area contributed by atoms with E-state index in [-0.39, 0.29) is 12.2 Å². The average Bonchev–Trinajstić information content (AvgIpc) is 2.80. The Bertz CT molecular complexity index is 399. The highest BCUT2D eigenvalue weighted by molar-refractivity contribution is 7.10. The minimum absolute atomic E-state index is 0.0894. The Morgan fingerprint density at radius 2 is 2.28 bits per heavy atom. The van der Waals surface area contributed by atoms with Crippen LogP contribution in [0.2, 0.25) is 0 Å². The zero-order chi connectivity index (χ0) is 12.8. The number of thiophene rings is 1. The molecule has 1 saturated heterocycles. The number of aliphatic hydroxyl groups is 1. The minimum atomic E-state index is -0.572. The zero-order valence-electron chi connectivity index (χ0n) is 11.1. The summed E-state index contributed by atoms with van der Waals surface area (Å²) in [5.41, 5.74) is -0.572. The molecule has 18 heavy (non-hydrogen) atoms. The molecule has 5 unspecified atom stereocenters. The fraction of sp³-hybridized carbons (Fsp3) is 0.733. The molecule has 2 fully saturated rings. The molecular formula is C15H22O2S. The van der Waals surface area contributed by atoms with E-state index in [4.69, 9.17) is 4.74 Å². The van der Waals surface area contributed by atoms with Crippen molar-refractivity contribution in [3.8, 4) is 0 Å². The summed E-state index contributed by atoms with van der Waals surface area (Å²) in [7, 11) is 0. The van der Waals surface area contributed by atoms with Gasteiger partial charge in [0, 0.05) is 17.2 Å². The summed E-state index contributed by atoms with van der Waals surface area (Å²) >= 11 is 1.73. The van der Waals surface area contributed by atoms with E-state index in [2.05, 4.69) is 24.4 Å². The molecule has 1 aromatic heterocycles. The van der Waals surface area contributed by atoms with Gasteiger partial charge in [0.1, 0.15) is 0 Å². The highest BCUT2D eigenvalue weighted by Gasteiger charge is 2.47. The van der Waals surface area contributed by atoms with Gasteiger partial charge < -0.3 is 9.84 Å². The highest BCUT2D eigenvalue weighted by atomic mass is 32.1. The molecule has 1 saturated carbocycles. The first-order valence-electron chi connectivity index (χ1n) is 6.97. The van der Waals surface area contributed by atoms with Crippen LogP contribution in [0, 0.1) is 11.8 Å². The summed E-state index contributed by atoms with van der Waals surface area (Å²) in [6.45, 7) is 4.30. The molecule has 0 bridgehead atoms. The van der Waals surface area contributed by atoms with E-state index in [0.717, 1.165) is 25.2 Å². The summed E-state index contributed by atoms with van der Waals surface area (Å²) in [5.74, 6) is 1.05. The Morgan fingerprint density at radius 1 is 1.44 bits per heavy atom. The van der Waals surface area contributed by atoms with Crippen LogP contribution in [0.3, 0.4) is 0 Å². The Morgan fingerprint density at radius 3 is 3.00 bits per heavy atom. The number of ether oxygens (including phenoxy) is 1. The smallest absolute Gasteiger partial charge is 0.0948 e. The van der Waals surface area contributed by atoms with Crippen LogP contribution < -0.4 is 0 Å². The SMILES string of the molecule is CC1CCC2C(C1)OC(c1cccs1)CC2(C)O. The van der Waals surface area contributed by atoms with Crippen LogP contribution in [-0.4, -0.2) is 16.8 Å². The van der Waals surface area contributed by atoms with Gasteiger partial charge in [0.25, 0.3) is 0 Å². The quantitative estimate of drug-likeness (QED) is 0.838. The van der Waals surface area contributed by atoms with Crippen molar-refractivity contribution >= 4 is 11.3 Å². The lowest BCUT2D eigenvalue weighted by Crippen LogP contribution is -2.51. The molecule has 1 aliphatic heterocycles. The van der Waals surface area contributed by atoms with E-state index < -0.39 is 5.60 Å². The van der Waals surface area contributed by atoms with Gasteiger partial charge in [-0.15, -0.1) is 11.3 Å². The van der Waals surface area contributed by atoms with Crippen LogP contribution >= 0.6 is 11.3 Å². The van der Waals surface area contributed by atoms with Crippen LogP contribution in [-0.2, 0) is 4.74 Å². The van der Waals surface area contributed by atoms with Crippen LogP contribution in [0.4, 0.5) is 0 Å². The fourth-order valence-electron chi connectivity index (χ4n) is 3.62. The van der Waals surface area contributed by atoms with Crippen LogP contribution in [0.15, 0.2) is 17.5 Å². The molecule has 0 aromatic carbocycles. The largest absolute Gasteiger partial charge is 0.390 e. The monoisotopic (exact) mass is 266 g/mol. The van der Waals surface area contributed by atoms with Gasteiger partial charge >= 0.3 is 0 Å². The lowest BCUT2D eigenvalue weighted by Gasteiger charge is -2.49. The Balaban J connectivity index is 1.82. The van der Waals surface area contributed by atoms with Crippen molar-refractivity contribution in [2.45, 2.75) is 57.3 Å². The first-order chi connectivity index (χ1) is 8.56. The van der Waals surface area contributed by atoms with Crippen molar-refractivity contribution < 1.29 is 9.84 Å². The van der Waals surface area contributed by atoms with Gasteiger partial charge in [0.05, 0.1) is 17.8 Å². The van der Waals surface area contributed by atoms with Crippen LogP contribution in [0.25, 0.3) is 0 Å². The van der Waals surface area contributed by atoms with Gasteiger partial charge in [-0.05, 0) is 37.1 Å². The third-order valence-corrected chi connectivity index (χ3v) is 5.62. The van der Waals surface area contributed by atoms with Crippen molar-refractivity contribution in [2.24, 2.45) is 11.8 Å². The third kappa shape index (κ3) is 2.24. The summed E-state index contributed by atoms with van der Waals surface area (Å²) in [4.78, 5) is 1.26. The molecule has 5 atom stereocenters. The molecule has 2 aliphatic rings. The average molecular weight is 266 g/mol. The summed E-state index contributed by atoms with van der Waals surface area (Å²) < 4.78 is 6.29. The van der Waals surface area contributed by atoms with Crippen LogP contribution in [0.1, 0.15) is 50.5 Å². The molecule has 3 rings (SSSR count). The second-order valence-electron chi connectivity index (χ2n) is 6.26. The molecule has 0 spiro atoms. The molecule has 100 valence electrons. The zero-order valence-corrected chi connectivity index (χ0v) is 12.0. The Kier molecular flexibility index (Phi) is 3.25. The Hall–Kier alpha value is -0.380. The Labute approximate surface area is 113 Å². The number of fused-ring (bicyclic) bond motifs is 1. The number of hydrogen-bond acceptors (Lipinski definition) is 3. The predicted octanol–water partition coefficient (Wildman–Crippen LogP) is 3.77. The highest BCUT2D eigenvalue weighted by Crippen LogP contribution is 2.48. The molecule has 1 aromatic rings. The van der Waals surface area contributed by atoms with E-state index in [1.54, 1.807) is 11.3 Å². The summed E-state index contributed by atoms with van der Waals surface area (Å²) in [6.07, 6.45) is 4.50. The van der Waals surface area contributed by atoms with E-state index in [9.17, 15) is 5.11 Å². The van der Waals surface area contributed by atoms with Gasteiger partial charge in [-0.1, -0.05) is 19.4 Å². The topological polar surface area (TPSA) is 29.5 Å². The maximum atomic E-state index is 10.7. The van der Waals surface area contributed by atoms with Gasteiger partial charge in [0.2, 0.25) is 0 Å². The van der Waals surface area contributed by atoms with Gasteiger partial charge in [-0.25, -0.2) is 0 Å². The maximum absolute atomic E-state index is 10.7. The molecule has 1 aliphatic carbocycles. The third-order valence-electron chi connectivity index (χ3n) is 4.65.